The molecular weight excluding hydrogens is 434 g/mol. The van der Waals surface area contributed by atoms with Crippen LogP contribution in [-0.2, 0) is 14.3 Å². The molecule has 182 valence electrons. The van der Waals surface area contributed by atoms with E-state index in [0.29, 0.717) is 29.3 Å². The van der Waals surface area contributed by atoms with Crippen LogP contribution in [0.4, 0.5) is 5.69 Å². The first-order valence-electron chi connectivity index (χ1n) is 11.7. The smallest absolute Gasteiger partial charge is 0.338 e. The maximum Gasteiger partial charge on any atom is 0.338 e. The van der Waals surface area contributed by atoms with E-state index in [0.717, 1.165) is 17.7 Å². The van der Waals surface area contributed by atoms with Crippen LogP contribution in [-0.4, -0.2) is 34.5 Å². The van der Waals surface area contributed by atoms with E-state index in [1.54, 1.807) is 0 Å². The third kappa shape index (κ3) is 7.56. The van der Waals surface area contributed by atoms with Gasteiger partial charge < -0.3 is 20.3 Å². The summed E-state index contributed by atoms with van der Waals surface area (Å²) in [7, 11) is 0. The largest absolute Gasteiger partial charge is 0.459 e. The van der Waals surface area contributed by atoms with Crippen LogP contribution in [0.25, 0.3) is 0 Å². The van der Waals surface area contributed by atoms with Crippen molar-refractivity contribution in [3.8, 4) is 0 Å². The zero-order chi connectivity index (χ0) is 24.9. The van der Waals surface area contributed by atoms with Crippen molar-refractivity contribution < 1.29 is 14.3 Å². The number of anilines is 1. The fourth-order valence-electron chi connectivity index (χ4n) is 4.40. The number of benzene rings is 1. The van der Waals surface area contributed by atoms with Crippen LogP contribution in [0, 0.1) is 11.3 Å². The molecule has 0 bridgehead atoms. The highest BCUT2D eigenvalue weighted by atomic mass is 32.1. The van der Waals surface area contributed by atoms with E-state index in [4.69, 9.17) is 17.0 Å². The SMILES string of the molecule is CCN1C(=S)N[C@H](c2cccc(NC(=O)C[C@H](C)CC(C)(C)C)c2)C(C(=O)OC(C)C)=C1C. The predicted octanol–water partition coefficient (Wildman–Crippen LogP) is 5.56. The van der Waals surface area contributed by atoms with Gasteiger partial charge in [0.2, 0.25) is 5.91 Å². The molecule has 6 nitrogen and oxygen atoms in total. The Morgan fingerprint density at radius 1 is 1.24 bits per heavy atom. The second-order valence-corrected chi connectivity index (χ2v) is 10.7. The number of hydrogen-bond acceptors (Lipinski definition) is 4. The number of amides is 1. The molecule has 2 rings (SSSR count). The van der Waals surface area contributed by atoms with E-state index in [-0.39, 0.29) is 29.3 Å². The molecule has 0 aliphatic carbocycles. The molecule has 1 aromatic carbocycles. The van der Waals surface area contributed by atoms with Gasteiger partial charge in [-0.1, -0.05) is 39.8 Å². The molecule has 7 heteroatoms. The quantitative estimate of drug-likeness (QED) is 0.380. The fraction of sp³-hybridized carbons (Fsp3) is 0.577. The molecule has 1 aliphatic rings. The number of carbonyl (C=O) groups excluding carboxylic acids is 2. The number of rotatable bonds is 8. The Morgan fingerprint density at radius 3 is 2.48 bits per heavy atom. The number of hydrogen-bond donors (Lipinski definition) is 2. The molecule has 0 saturated heterocycles. The summed E-state index contributed by atoms with van der Waals surface area (Å²) in [4.78, 5) is 27.5. The molecule has 1 aromatic rings. The van der Waals surface area contributed by atoms with Crippen LogP contribution < -0.4 is 10.6 Å². The van der Waals surface area contributed by atoms with Crippen molar-refractivity contribution in [2.45, 2.75) is 80.4 Å². The van der Waals surface area contributed by atoms with Crippen molar-refractivity contribution >= 4 is 34.9 Å². The molecule has 0 spiro atoms. The molecule has 1 heterocycles. The lowest BCUT2D eigenvalue weighted by Gasteiger charge is -2.37. The van der Waals surface area contributed by atoms with Gasteiger partial charge in [-0.3, -0.25) is 4.79 Å². The summed E-state index contributed by atoms with van der Waals surface area (Å²) < 4.78 is 5.54. The number of esters is 1. The first kappa shape index (κ1) is 26.8. The van der Waals surface area contributed by atoms with Gasteiger partial charge in [-0.2, -0.15) is 0 Å². The van der Waals surface area contributed by atoms with E-state index in [1.807, 2.05) is 56.9 Å². The lowest BCUT2D eigenvalue weighted by molar-refractivity contribution is -0.143. The van der Waals surface area contributed by atoms with Gasteiger partial charge in [-0.15, -0.1) is 0 Å². The Bertz CT molecular complexity index is 918. The average Bonchev–Trinajstić information content (AvgIpc) is 2.65. The Kier molecular flexibility index (Phi) is 9.06. The minimum absolute atomic E-state index is 0.0145. The second-order valence-electron chi connectivity index (χ2n) is 10.3. The maximum absolute atomic E-state index is 13.0. The van der Waals surface area contributed by atoms with Crippen LogP contribution in [0.2, 0.25) is 0 Å². The molecule has 0 radical (unpaired) electrons. The average molecular weight is 474 g/mol. The molecule has 0 unspecified atom stereocenters. The third-order valence-corrected chi connectivity index (χ3v) is 5.81. The van der Waals surface area contributed by atoms with Crippen molar-refractivity contribution in [3.63, 3.8) is 0 Å². The predicted molar refractivity (Wildman–Crippen MR) is 138 cm³/mol. The van der Waals surface area contributed by atoms with Gasteiger partial charge in [0.25, 0.3) is 0 Å². The van der Waals surface area contributed by atoms with Crippen LogP contribution in [0.15, 0.2) is 35.5 Å². The summed E-state index contributed by atoms with van der Waals surface area (Å²) in [5.74, 6) is -0.0978. The molecule has 0 saturated carbocycles. The minimum atomic E-state index is -0.455. The number of nitrogens with zero attached hydrogens (tertiary/aromatic N) is 1. The highest BCUT2D eigenvalue weighted by molar-refractivity contribution is 7.80. The lowest BCUT2D eigenvalue weighted by atomic mass is 9.84. The zero-order valence-corrected chi connectivity index (χ0v) is 22.1. The highest BCUT2D eigenvalue weighted by Crippen LogP contribution is 2.33. The van der Waals surface area contributed by atoms with Crippen molar-refractivity contribution in [3.05, 3.63) is 41.1 Å². The molecule has 1 amide bonds. The number of allylic oxidation sites excluding steroid dienone is 1. The third-order valence-electron chi connectivity index (χ3n) is 5.47. The fourth-order valence-corrected chi connectivity index (χ4v) is 4.78. The molecular formula is C26H39N3O3S. The van der Waals surface area contributed by atoms with E-state index in [2.05, 4.69) is 38.3 Å². The normalized spacial score (nSPS) is 17.7. The Balaban J connectivity index is 2.29. The Hall–Kier alpha value is -2.41. The van der Waals surface area contributed by atoms with E-state index >= 15 is 0 Å². The second kappa shape index (κ2) is 11.1. The standard InChI is InChI=1S/C26H39N3O3S/c1-9-29-18(5)22(24(31)32-16(2)3)23(28-25(29)33)19-11-10-12-20(14-19)27-21(30)13-17(4)15-26(6,7)8/h10-12,14,16-17,23H,9,13,15H2,1-8H3,(H,27,30)(H,28,33)/t17-,23+/m0/s1. The van der Waals surface area contributed by atoms with E-state index in [9.17, 15) is 9.59 Å². The van der Waals surface area contributed by atoms with Crippen LogP contribution in [0.5, 0.6) is 0 Å². The lowest BCUT2D eigenvalue weighted by Crippen LogP contribution is -2.47. The Morgan fingerprint density at radius 2 is 1.91 bits per heavy atom. The number of thiocarbonyl (C=S) groups is 1. The molecule has 0 aromatic heterocycles. The van der Waals surface area contributed by atoms with Crippen molar-refractivity contribution in [2.75, 3.05) is 11.9 Å². The summed E-state index contributed by atoms with van der Waals surface area (Å²) in [6, 6.07) is 7.10. The van der Waals surface area contributed by atoms with Gasteiger partial charge in [0.15, 0.2) is 5.11 Å². The highest BCUT2D eigenvalue weighted by Gasteiger charge is 2.34. The molecule has 2 atom stereocenters. The van der Waals surface area contributed by atoms with Crippen LogP contribution in [0.3, 0.4) is 0 Å². The van der Waals surface area contributed by atoms with Gasteiger partial charge in [0, 0.05) is 24.4 Å². The minimum Gasteiger partial charge on any atom is -0.459 e. The van der Waals surface area contributed by atoms with Crippen molar-refractivity contribution in [1.29, 1.82) is 0 Å². The number of ether oxygens (including phenoxy) is 1. The number of carbonyl (C=O) groups is 2. The molecule has 1 aliphatic heterocycles. The topological polar surface area (TPSA) is 70.7 Å². The summed E-state index contributed by atoms with van der Waals surface area (Å²) in [6.45, 7) is 16.8. The summed E-state index contributed by atoms with van der Waals surface area (Å²) in [5, 5.41) is 6.87. The monoisotopic (exact) mass is 473 g/mol. The van der Waals surface area contributed by atoms with E-state index < -0.39 is 6.04 Å². The van der Waals surface area contributed by atoms with E-state index in [1.165, 1.54) is 0 Å². The molecule has 0 fully saturated rings. The number of nitrogens with one attached hydrogen (secondary N) is 2. The molecule has 33 heavy (non-hydrogen) atoms. The van der Waals surface area contributed by atoms with Gasteiger partial charge in [-0.25, -0.2) is 4.79 Å². The van der Waals surface area contributed by atoms with Crippen LogP contribution in [0.1, 0.15) is 79.8 Å². The van der Waals surface area contributed by atoms with Gasteiger partial charge in [-0.05, 0) is 75.4 Å². The van der Waals surface area contributed by atoms with Crippen molar-refractivity contribution in [2.24, 2.45) is 11.3 Å². The zero-order valence-electron chi connectivity index (χ0n) is 21.2. The van der Waals surface area contributed by atoms with Crippen molar-refractivity contribution in [1.82, 2.24) is 10.2 Å². The summed E-state index contributed by atoms with van der Waals surface area (Å²) >= 11 is 5.56. The van der Waals surface area contributed by atoms with Gasteiger partial charge >= 0.3 is 5.97 Å². The Labute approximate surface area is 204 Å². The molecule has 2 N–H and O–H groups in total. The maximum atomic E-state index is 13.0. The van der Waals surface area contributed by atoms with Gasteiger partial charge in [0.05, 0.1) is 17.7 Å². The first-order valence-corrected chi connectivity index (χ1v) is 12.1. The summed E-state index contributed by atoms with van der Waals surface area (Å²) in [5.41, 5.74) is 3.02. The summed E-state index contributed by atoms with van der Waals surface area (Å²) in [6.07, 6.45) is 1.20. The van der Waals surface area contributed by atoms with Crippen LogP contribution >= 0.6 is 12.2 Å². The van der Waals surface area contributed by atoms with Gasteiger partial charge in [0.1, 0.15) is 0 Å². The first-order chi connectivity index (χ1) is 15.3.